The summed E-state index contributed by atoms with van der Waals surface area (Å²) in [5.74, 6) is 1.41. The van der Waals surface area contributed by atoms with Gasteiger partial charge in [-0.1, -0.05) is 31.5 Å². The zero-order valence-corrected chi connectivity index (χ0v) is 19.7. The van der Waals surface area contributed by atoms with Gasteiger partial charge in [-0.2, -0.15) is 0 Å². The van der Waals surface area contributed by atoms with Crippen LogP contribution >= 0.6 is 11.3 Å². The van der Waals surface area contributed by atoms with Crippen LogP contribution in [0, 0.1) is 18.8 Å². The molecular weight excluding hydrogens is 410 g/mol. The van der Waals surface area contributed by atoms with E-state index in [1.807, 2.05) is 48.4 Å². The first-order valence-corrected chi connectivity index (χ1v) is 11.9. The third kappa shape index (κ3) is 6.79. The molecule has 31 heavy (non-hydrogen) atoms. The molecule has 1 fully saturated rings. The van der Waals surface area contributed by atoms with Crippen LogP contribution in [0.5, 0.6) is 5.75 Å². The lowest BCUT2D eigenvalue weighted by molar-refractivity contribution is -0.135. The van der Waals surface area contributed by atoms with Crippen LogP contribution in [0.3, 0.4) is 0 Å². The average Bonchev–Trinajstić information content (AvgIpc) is 3.20. The van der Waals surface area contributed by atoms with Gasteiger partial charge in [-0.3, -0.25) is 9.59 Å². The van der Waals surface area contributed by atoms with Crippen molar-refractivity contribution in [1.82, 2.24) is 15.2 Å². The second kappa shape index (κ2) is 10.8. The van der Waals surface area contributed by atoms with Gasteiger partial charge in [0.1, 0.15) is 17.4 Å². The smallest absolute Gasteiger partial charge is 0.228 e. The van der Waals surface area contributed by atoms with Crippen molar-refractivity contribution in [2.24, 2.45) is 11.8 Å². The van der Waals surface area contributed by atoms with Crippen LogP contribution in [0.15, 0.2) is 29.6 Å². The summed E-state index contributed by atoms with van der Waals surface area (Å²) in [7, 11) is 0. The number of hydrogen-bond donors (Lipinski definition) is 1. The van der Waals surface area contributed by atoms with E-state index in [0.717, 1.165) is 29.3 Å². The number of carbonyl (C=O) groups is 2. The fraction of sp³-hybridized carbons (Fsp3) is 0.542. The number of thiazole rings is 1. The number of ether oxygens (including phenoxy) is 1. The number of aryl methyl sites for hydroxylation is 1. The maximum absolute atomic E-state index is 12.7. The first-order chi connectivity index (χ1) is 14.8. The van der Waals surface area contributed by atoms with Crippen LogP contribution < -0.4 is 10.1 Å². The molecule has 2 amide bonds. The zero-order chi connectivity index (χ0) is 22.4. The van der Waals surface area contributed by atoms with Gasteiger partial charge in [0.2, 0.25) is 11.8 Å². The Labute approximate surface area is 189 Å². The summed E-state index contributed by atoms with van der Waals surface area (Å²) in [5.41, 5.74) is 1.97. The van der Waals surface area contributed by atoms with Crippen molar-refractivity contribution in [3.63, 3.8) is 0 Å². The lowest BCUT2D eigenvalue weighted by Gasteiger charge is -2.32. The lowest BCUT2D eigenvalue weighted by Crippen LogP contribution is -2.46. The predicted molar refractivity (Wildman–Crippen MR) is 123 cm³/mol. The molecule has 1 aliphatic heterocycles. The monoisotopic (exact) mass is 443 g/mol. The van der Waals surface area contributed by atoms with E-state index in [-0.39, 0.29) is 23.8 Å². The molecule has 1 saturated heterocycles. The van der Waals surface area contributed by atoms with E-state index in [1.54, 1.807) is 0 Å². The number of nitrogens with one attached hydrogen (secondary N) is 1. The zero-order valence-electron chi connectivity index (χ0n) is 18.9. The van der Waals surface area contributed by atoms with E-state index in [4.69, 9.17) is 4.74 Å². The maximum atomic E-state index is 12.7. The highest BCUT2D eigenvalue weighted by Gasteiger charge is 2.28. The van der Waals surface area contributed by atoms with E-state index in [1.165, 1.54) is 16.9 Å². The minimum atomic E-state index is -0.00459. The molecule has 0 aliphatic carbocycles. The quantitative estimate of drug-likeness (QED) is 0.670. The molecule has 1 unspecified atom stereocenters. The summed E-state index contributed by atoms with van der Waals surface area (Å²) >= 11 is 1.51. The van der Waals surface area contributed by atoms with E-state index >= 15 is 0 Å². The third-order valence-corrected chi connectivity index (χ3v) is 6.77. The van der Waals surface area contributed by atoms with Crippen LogP contribution in [0.2, 0.25) is 0 Å². The summed E-state index contributed by atoms with van der Waals surface area (Å²) in [6.45, 7) is 9.93. The fourth-order valence-electron chi connectivity index (χ4n) is 3.44. The standard InChI is InChI=1S/C24H33N3O3S/c1-16(2)18(4)25-24(29)19-9-11-27(12-10-19)23(28)13-20-15-31-22(26-20)14-30-21-7-5-17(3)6-8-21/h5-8,15-16,18-19H,9-14H2,1-4H3,(H,25,29). The number of hydrogen-bond acceptors (Lipinski definition) is 5. The van der Waals surface area contributed by atoms with Gasteiger partial charge in [0.25, 0.3) is 0 Å². The van der Waals surface area contributed by atoms with E-state index < -0.39 is 0 Å². The summed E-state index contributed by atoms with van der Waals surface area (Å²) in [6, 6.07) is 8.08. The average molecular weight is 444 g/mol. The molecule has 0 radical (unpaired) electrons. The molecule has 1 aromatic heterocycles. The Morgan fingerprint density at radius 2 is 1.87 bits per heavy atom. The van der Waals surface area contributed by atoms with Crippen molar-refractivity contribution in [1.29, 1.82) is 0 Å². The third-order valence-electron chi connectivity index (χ3n) is 5.90. The molecule has 1 N–H and O–H groups in total. The number of likely N-dealkylation sites (tertiary alicyclic amines) is 1. The Bertz CT molecular complexity index is 870. The molecular formula is C24H33N3O3S. The second-order valence-corrected chi connectivity index (χ2v) is 9.65. The Hall–Kier alpha value is -2.41. The molecule has 2 heterocycles. The topological polar surface area (TPSA) is 71.5 Å². The first-order valence-electron chi connectivity index (χ1n) is 11.0. The Kier molecular flexibility index (Phi) is 8.07. The summed E-state index contributed by atoms with van der Waals surface area (Å²) in [5, 5.41) is 5.89. The molecule has 1 aliphatic rings. The Morgan fingerprint density at radius 3 is 2.52 bits per heavy atom. The van der Waals surface area contributed by atoms with Gasteiger partial charge in [-0.05, 0) is 44.7 Å². The number of rotatable bonds is 8. The van der Waals surface area contributed by atoms with Crippen molar-refractivity contribution in [2.45, 2.75) is 59.6 Å². The van der Waals surface area contributed by atoms with Crippen LogP contribution in [0.1, 0.15) is 49.9 Å². The number of amides is 2. The minimum Gasteiger partial charge on any atom is -0.486 e. The van der Waals surface area contributed by atoms with Gasteiger partial charge in [0, 0.05) is 30.4 Å². The molecule has 0 spiro atoms. The first kappa shape index (κ1) is 23.3. The summed E-state index contributed by atoms with van der Waals surface area (Å²) in [4.78, 5) is 31.5. The molecule has 0 bridgehead atoms. The Balaban J connectivity index is 1.43. The summed E-state index contributed by atoms with van der Waals surface area (Å²) in [6.07, 6.45) is 1.73. The van der Waals surface area contributed by atoms with E-state index in [0.29, 0.717) is 32.0 Å². The molecule has 7 heteroatoms. The number of piperidine rings is 1. The largest absolute Gasteiger partial charge is 0.486 e. The minimum absolute atomic E-state index is 0.00459. The van der Waals surface area contributed by atoms with Crippen LogP contribution in [-0.2, 0) is 22.6 Å². The molecule has 1 aromatic carbocycles. The predicted octanol–water partition coefficient (Wildman–Crippen LogP) is 3.97. The molecule has 168 valence electrons. The number of aromatic nitrogens is 1. The van der Waals surface area contributed by atoms with Gasteiger partial charge < -0.3 is 15.0 Å². The maximum Gasteiger partial charge on any atom is 0.228 e. The van der Waals surface area contributed by atoms with E-state index in [2.05, 4.69) is 24.1 Å². The molecule has 3 rings (SSSR count). The SMILES string of the molecule is Cc1ccc(OCc2nc(CC(=O)N3CCC(C(=O)NC(C)C(C)C)CC3)cs2)cc1. The van der Waals surface area contributed by atoms with Crippen molar-refractivity contribution >= 4 is 23.2 Å². The number of benzene rings is 1. The summed E-state index contributed by atoms with van der Waals surface area (Å²) < 4.78 is 5.77. The molecule has 1 atom stereocenters. The van der Waals surface area contributed by atoms with Crippen molar-refractivity contribution in [3.05, 3.63) is 45.9 Å². The number of nitrogens with zero attached hydrogens (tertiary/aromatic N) is 2. The molecule has 6 nitrogen and oxygen atoms in total. The van der Waals surface area contributed by atoms with Gasteiger partial charge in [-0.25, -0.2) is 4.98 Å². The van der Waals surface area contributed by atoms with Gasteiger partial charge in [-0.15, -0.1) is 11.3 Å². The highest BCUT2D eigenvalue weighted by molar-refractivity contribution is 7.09. The fourth-order valence-corrected chi connectivity index (χ4v) is 4.15. The van der Waals surface area contributed by atoms with Crippen molar-refractivity contribution in [3.8, 4) is 5.75 Å². The Morgan fingerprint density at radius 1 is 1.19 bits per heavy atom. The van der Waals surface area contributed by atoms with Crippen LogP contribution in [0.25, 0.3) is 0 Å². The van der Waals surface area contributed by atoms with Crippen molar-refractivity contribution in [2.75, 3.05) is 13.1 Å². The van der Waals surface area contributed by atoms with Crippen LogP contribution in [0.4, 0.5) is 0 Å². The second-order valence-electron chi connectivity index (χ2n) is 8.71. The van der Waals surface area contributed by atoms with Crippen molar-refractivity contribution < 1.29 is 14.3 Å². The van der Waals surface area contributed by atoms with Gasteiger partial charge in [0.15, 0.2) is 0 Å². The molecule has 0 saturated carbocycles. The normalized spacial score (nSPS) is 15.7. The van der Waals surface area contributed by atoms with Gasteiger partial charge >= 0.3 is 0 Å². The van der Waals surface area contributed by atoms with Crippen LogP contribution in [-0.4, -0.2) is 40.8 Å². The highest BCUT2D eigenvalue weighted by atomic mass is 32.1. The van der Waals surface area contributed by atoms with E-state index in [9.17, 15) is 9.59 Å². The van der Waals surface area contributed by atoms with Gasteiger partial charge in [0.05, 0.1) is 12.1 Å². The number of carbonyl (C=O) groups excluding carboxylic acids is 2. The molecule has 2 aromatic rings. The lowest BCUT2D eigenvalue weighted by atomic mass is 9.94. The highest BCUT2D eigenvalue weighted by Crippen LogP contribution is 2.20.